The lowest BCUT2D eigenvalue weighted by Crippen LogP contribution is -2.38. The predicted octanol–water partition coefficient (Wildman–Crippen LogP) is 3.00. The maximum absolute atomic E-state index is 11.9. The zero-order valence-electron chi connectivity index (χ0n) is 9.33. The van der Waals surface area contributed by atoms with Gasteiger partial charge in [-0.25, -0.2) is 0 Å². The highest BCUT2D eigenvalue weighted by atomic mass is 79.9. The molecule has 2 unspecified atom stereocenters. The molecule has 4 heteroatoms. The molecule has 0 saturated carbocycles. The van der Waals surface area contributed by atoms with Gasteiger partial charge in [0.1, 0.15) is 0 Å². The molecule has 2 rings (SSSR count). The van der Waals surface area contributed by atoms with E-state index in [4.69, 9.17) is 4.42 Å². The number of carbonyl (C=O) groups excluding carboxylic acids is 1. The van der Waals surface area contributed by atoms with Crippen molar-refractivity contribution in [3.8, 4) is 0 Å². The molecule has 1 saturated heterocycles. The number of hydrogen-bond donors (Lipinski definition) is 1. The Balaban J connectivity index is 1.92. The first-order valence-corrected chi connectivity index (χ1v) is 6.46. The van der Waals surface area contributed by atoms with Gasteiger partial charge in [-0.1, -0.05) is 6.92 Å². The van der Waals surface area contributed by atoms with Crippen molar-refractivity contribution in [1.29, 1.82) is 0 Å². The summed E-state index contributed by atoms with van der Waals surface area (Å²) in [6, 6.07) is 3.78. The summed E-state index contributed by atoms with van der Waals surface area (Å²) >= 11 is 3.20. The maximum atomic E-state index is 11.9. The van der Waals surface area contributed by atoms with E-state index in [1.165, 1.54) is 6.42 Å². The van der Waals surface area contributed by atoms with Crippen LogP contribution in [0.3, 0.4) is 0 Å². The van der Waals surface area contributed by atoms with Crippen LogP contribution in [0.5, 0.6) is 0 Å². The Kier molecular flexibility index (Phi) is 3.82. The minimum atomic E-state index is 0.0808. The van der Waals surface area contributed by atoms with Crippen LogP contribution < -0.4 is 5.32 Å². The third-order valence-electron chi connectivity index (χ3n) is 3.04. The molecule has 1 aromatic heterocycles. The van der Waals surface area contributed by atoms with Crippen molar-refractivity contribution >= 4 is 21.7 Å². The summed E-state index contributed by atoms with van der Waals surface area (Å²) in [5.41, 5.74) is 0. The lowest BCUT2D eigenvalue weighted by molar-refractivity contribution is 0.0930. The van der Waals surface area contributed by atoms with Crippen LogP contribution in [0.15, 0.2) is 21.2 Å². The summed E-state index contributed by atoms with van der Waals surface area (Å²) in [5.74, 6) is 1.24. The van der Waals surface area contributed by atoms with Crippen molar-refractivity contribution < 1.29 is 9.21 Å². The minimum Gasteiger partial charge on any atom is -0.446 e. The average molecular weight is 286 g/mol. The Morgan fingerprint density at radius 1 is 1.62 bits per heavy atom. The first-order valence-electron chi connectivity index (χ1n) is 5.67. The number of Topliss-reactive ketones (excluding diaryl/α,β-unsaturated/α-hetero) is 1. The zero-order chi connectivity index (χ0) is 11.5. The Morgan fingerprint density at radius 3 is 3.06 bits per heavy atom. The van der Waals surface area contributed by atoms with Gasteiger partial charge < -0.3 is 9.73 Å². The highest BCUT2D eigenvalue weighted by Gasteiger charge is 2.22. The fraction of sp³-hybridized carbons (Fsp3) is 0.583. The number of ketones is 1. The van der Waals surface area contributed by atoms with Crippen LogP contribution in [0.4, 0.5) is 0 Å². The minimum absolute atomic E-state index is 0.0808. The van der Waals surface area contributed by atoms with E-state index >= 15 is 0 Å². The Labute approximate surface area is 104 Å². The molecule has 1 aliphatic heterocycles. The van der Waals surface area contributed by atoms with Crippen LogP contribution in [0.2, 0.25) is 0 Å². The molecule has 0 radical (unpaired) electrons. The van der Waals surface area contributed by atoms with E-state index in [2.05, 4.69) is 28.2 Å². The lowest BCUT2D eigenvalue weighted by Gasteiger charge is -2.27. The number of carbonyl (C=O) groups is 1. The van der Waals surface area contributed by atoms with Crippen LogP contribution >= 0.6 is 15.9 Å². The van der Waals surface area contributed by atoms with Gasteiger partial charge in [-0.3, -0.25) is 4.79 Å². The van der Waals surface area contributed by atoms with E-state index in [9.17, 15) is 4.79 Å². The standard InChI is InChI=1S/C12H16BrNO2/c1-8-4-5-14-9(6-8)7-10(15)11-2-3-12(13)16-11/h2-3,8-9,14H,4-7H2,1H3. The van der Waals surface area contributed by atoms with Crippen molar-refractivity contribution in [2.45, 2.75) is 32.2 Å². The maximum Gasteiger partial charge on any atom is 0.199 e. The van der Waals surface area contributed by atoms with Crippen molar-refractivity contribution in [3.05, 3.63) is 22.6 Å². The smallest absolute Gasteiger partial charge is 0.199 e. The molecule has 3 nitrogen and oxygen atoms in total. The highest BCUT2D eigenvalue weighted by Crippen LogP contribution is 2.20. The second-order valence-corrected chi connectivity index (χ2v) is 5.29. The third-order valence-corrected chi connectivity index (χ3v) is 3.46. The van der Waals surface area contributed by atoms with Gasteiger partial charge in [0.2, 0.25) is 0 Å². The molecule has 0 bridgehead atoms. The first-order chi connectivity index (χ1) is 7.65. The lowest BCUT2D eigenvalue weighted by atomic mass is 9.91. The molecule has 1 aromatic rings. The number of halogens is 1. The summed E-state index contributed by atoms with van der Waals surface area (Å²) in [4.78, 5) is 11.9. The molecule has 1 aliphatic rings. The third kappa shape index (κ3) is 2.95. The van der Waals surface area contributed by atoms with Crippen molar-refractivity contribution in [1.82, 2.24) is 5.32 Å². The molecule has 0 spiro atoms. The zero-order valence-corrected chi connectivity index (χ0v) is 10.9. The SMILES string of the molecule is CC1CCNC(CC(=O)c2ccc(Br)o2)C1. The largest absolute Gasteiger partial charge is 0.446 e. The second-order valence-electron chi connectivity index (χ2n) is 4.51. The molecular formula is C12H16BrNO2. The van der Waals surface area contributed by atoms with Crippen LogP contribution in [0, 0.1) is 5.92 Å². The van der Waals surface area contributed by atoms with Crippen molar-refractivity contribution in [2.24, 2.45) is 5.92 Å². The summed E-state index contributed by atoms with van der Waals surface area (Å²) in [6.45, 7) is 3.25. The topological polar surface area (TPSA) is 42.2 Å². The molecular weight excluding hydrogens is 270 g/mol. The van der Waals surface area contributed by atoms with E-state index in [1.807, 2.05) is 0 Å². The molecule has 88 valence electrons. The van der Waals surface area contributed by atoms with Crippen molar-refractivity contribution in [2.75, 3.05) is 6.54 Å². The molecule has 2 atom stereocenters. The Hall–Kier alpha value is -0.610. The number of furan rings is 1. The normalized spacial score (nSPS) is 25.6. The van der Waals surface area contributed by atoms with Crippen LogP contribution in [0.1, 0.15) is 36.7 Å². The number of hydrogen-bond acceptors (Lipinski definition) is 3. The average Bonchev–Trinajstić information content (AvgIpc) is 2.65. The Bertz CT molecular complexity index is 375. The van der Waals surface area contributed by atoms with Gasteiger partial charge >= 0.3 is 0 Å². The molecule has 16 heavy (non-hydrogen) atoms. The summed E-state index contributed by atoms with van der Waals surface area (Å²) in [5, 5.41) is 3.38. The number of nitrogens with one attached hydrogen (secondary N) is 1. The predicted molar refractivity (Wildman–Crippen MR) is 65.5 cm³/mol. The van der Waals surface area contributed by atoms with E-state index in [0.29, 0.717) is 28.8 Å². The highest BCUT2D eigenvalue weighted by molar-refractivity contribution is 9.10. The fourth-order valence-corrected chi connectivity index (χ4v) is 2.47. The molecule has 1 N–H and O–H groups in total. The van der Waals surface area contributed by atoms with Crippen LogP contribution in [0.25, 0.3) is 0 Å². The van der Waals surface area contributed by atoms with Gasteiger partial charge in [-0.2, -0.15) is 0 Å². The molecule has 0 aliphatic carbocycles. The first kappa shape index (κ1) is 11.9. The van der Waals surface area contributed by atoms with Crippen LogP contribution in [-0.4, -0.2) is 18.4 Å². The second kappa shape index (κ2) is 5.15. The van der Waals surface area contributed by atoms with Gasteiger partial charge in [0.15, 0.2) is 16.2 Å². The van der Waals surface area contributed by atoms with Gasteiger partial charge in [-0.05, 0) is 53.4 Å². The van der Waals surface area contributed by atoms with Gasteiger partial charge in [0.25, 0.3) is 0 Å². The molecule has 0 amide bonds. The van der Waals surface area contributed by atoms with Crippen molar-refractivity contribution in [3.63, 3.8) is 0 Å². The molecule has 2 heterocycles. The number of piperidine rings is 1. The summed E-state index contributed by atoms with van der Waals surface area (Å²) in [7, 11) is 0. The molecule has 0 aromatic carbocycles. The van der Waals surface area contributed by atoms with Gasteiger partial charge in [-0.15, -0.1) is 0 Å². The molecule has 1 fully saturated rings. The van der Waals surface area contributed by atoms with E-state index in [1.54, 1.807) is 12.1 Å². The van der Waals surface area contributed by atoms with Crippen LogP contribution in [-0.2, 0) is 0 Å². The van der Waals surface area contributed by atoms with Gasteiger partial charge in [0, 0.05) is 12.5 Å². The number of rotatable bonds is 3. The van der Waals surface area contributed by atoms with E-state index in [0.717, 1.165) is 13.0 Å². The Morgan fingerprint density at radius 2 is 2.44 bits per heavy atom. The van der Waals surface area contributed by atoms with E-state index < -0.39 is 0 Å². The fourth-order valence-electron chi connectivity index (χ4n) is 2.16. The summed E-state index contributed by atoms with van der Waals surface area (Å²) in [6.07, 6.45) is 2.81. The summed E-state index contributed by atoms with van der Waals surface area (Å²) < 4.78 is 5.86. The van der Waals surface area contributed by atoms with E-state index in [-0.39, 0.29) is 5.78 Å². The monoisotopic (exact) mass is 285 g/mol. The quantitative estimate of drug-likeness (QED) is 0.868. The van der Waals surface area contributed by atoms with Gasteiger partial charge in [0.05, 0.1) is 0 Å².